The van der Waals surface area contributed by atoms with Gasteiger partial charge >= 0.3 is 0 Å². The number of hydrogen-bond acceptors (Lipinski definition) is 1. The van der Waals surface area contributed by atoms with Crippen LogP contribution >= 0.6 is 15.9 Å². The Morgan fingerprint density at radius 3 is 2.44 bits per heavy atom. The number of hydrogen-bond donors (Lipinski definition) is 1. The lowest BCUT2D eigenvalue weighted by atomic mass is 10.2. The van der Waals surface area contributed by atoms with E-state index >= 15 is 0 Å². The van der Waals surface area contributed by atoms with Gasteiger partial charge in [0.2, 0.25) is 0 Å². The average Bonchev–Trinajstić information content (AvgIpc) is 1.87. The summed E-state index contributed by atoms with van der Waals surface area (Å²) in [6.07, 6.45) is 1.93. The highest BCUT2D eigenvalue weighted by Crippen LogP contribution is 2.02. The maximum absolute atomic E-state index is 8.57. The fraction of sp³-hybridized carbons (Fsp3) is 0.429. The van der Waals surface area contributed by atoms with Gasteiger partial charge in [0.05, 0.1) is 6.61 Å². The number of rotatable bonds is 2. The minimum atomic E-state index is 0.137. The van der Waals surface area contributed by atoms with Crippen LogP contribution in [0, 0.1) is 0 Å². The van der Waals surface area contributed by atoms with Gasteiger partial charge in [-0.2, -0.15) is 0 Å². The molecule has 9 heavy (non-hydrogen) atoms. The van der Waals surface area contributed by atoms with Gasteiger partial charge in [-0.3, -0.25) is 0 Å². The molecule has 0 amide bonds. The highest BCUT2D eigenvalue weighted by molar-refractivity contribution is 9.11. The number of halogens is 1. The predicted octanol–water partition coefficient (Wildman–Crippen LogP) is 2.22. The monoisotopic (exact) mass is 190 g/mol. The summed E-state index contributed by atoms with van der Waals surface area (Å²) in [5.41, 5.74) is 2.09. The molecule has 1 nitrogen and oxygen atoms in total. The van der Waals surface area contributed by atoms with Crippen molar-refractivity contribution in [2.45, 2.75) is 13.8 Å². The molecule has 0 rings (SSSR count). The molecule has 0 aliphatic rings. The molecule has 52 valence electrons. The van der Waals surface area contributed by atoms with Crippen molar-refractivity contribution in [3.8, 4) is 0 Å². The molecule has 0 fully saturated rings. The Labute approximate surface area is 64.2 Å². The Kier molecular flexibility index (Phi) is 4.72. The third-order valence-corrected chi connectivity index (χ3v) is 1.62. The van der Waals surface area contributed by atoms with Crippen molar-refractivity contribution in [1.29, 1.82) is 0 Å². The summed E-state index contributed by atoms with van der Waals surface area (Å²) in [6.45, 7) is 3.99. The fourth-order valence-corrected chi connectivity index (χ4v) is 0.598. The largest absolute Gasteiger partial charge is 0.392 e. The van der Waals surface area contributed by atoms with Crippen molar-refractivity contribution in [2.24, 2.45) is 0 Å². The lowest BCUT2D eigenvalue weighted by Gasteiger charge is -1.92. The summed E-state index contributed by atoms with van der Waals surface area (Å²) < 4.78 is 0. The van der Waals surface area contributed by atoms with Crippen LogP contribution < -0.4 is 0 Å². The third-order valence-electron chi connectivity index (χ3n) is 0.896. The number of aliphatic hydroxyl groups is 1. The van der Waals surface area contributed by atoms with Gasteiger partial charge in [0.25, 0.3) is 0 Å². The highest BCUT2D eigenvalue weighted by Gasteiger charge is 1.84. The van der Waals surface area contributed by atoms with E-state index in [0.29, 0.717) is 0 Å². The van der Waals surface area contributed by atoms with E-state index in [1.807, 2.05) is 24.9 Å². The summed E-state index contributed by atoms with van der Waals surface area (Å²) in [5.74, 6) is 0. The Morgan fingerprint density at radius 1 is 1.56 bits per heavy atom. The molecule has 0 unspecified atom stereocenters. The predicted molar refractivity (Wildman–Crippen MR) is 43.5 cm³/mol. The number of allylic oxidation sites excluding steroid dienone is 2. The van der Waals surface area contributed by atoms with Crippen LogP contribution in [0.1, 0.15) is 13.8 Å². The van der Waals surface area contributed by atoms with Crippen LogP contribution in [0.2, 0.25) is 0 Å². The van der Waals surface area contributed by atoms with Gasteiger partial charge in [-0.15, -0.1) is 0 Å². The molecule has 0 aliphatic heterocycles. The van der Waals surface area contributed by atoms with E-state index in [4.69, 9.17) is 5.11 Å². The summed E-state index contributed by atoms with van der Waals surface area (Å²) in [6, 6.07) is 0. The quantitative estimate of drug-likeness (QED) is 0.663. The Morgan fingerprint density at radius 2 is 2.11 bits per heavy atom. The van der Waals surface area contributed by atoms with Crippen molar-refractivity contribution >= 4 is 15.9 Å². The molecule has 0 aromatic heterocycles. The van der Waals surface area contributed by atoms with Gasteiger partial charge in [-0.1, -0.05) is 22.0 Å². The van der Waals surface area contributed by atoms with Crippen molar-refractivity contribution in [1.82, 2.24) is 0 Å². The van der Waals surface area contributed by atoms with E-state index in [-0.39, 0.29) is 6.61 Å². The molecule has 0 atom stereocenters. The fourth-order valence-electron chi connectivity index (χ4n) is 0.466. The van der Waals surface area contributed by atoms with Crippen LogP contribution in [-0.2, 0) is 0 Å². The zero-order valence-electron chi connectivity index (χ0n) is 5.69. The molecule has 0 aliphatic carbocycles. The summed E-state index contributed by atoms with van der Waals surface area (Å²) in [7, 11) is 0. The van der Waals surface area contributed by atoms with Crippen molar-refractivity contribution < 1.29 is 5.11 Å². The maximum atomic E-state index is 8.57. The van der Waals surface area contributed by atoms with Crippen LogP contribution in [0.5, 0.6) is 0 Å². The molecular formula is C7H11BrO. The van der Waals surface area contributed by atoms with Crippen LogP contribution in [0.4, 0.5) is 0 Å². The summed E-state index contributed by atoms with van der Waals surface area (Å²) in [4.78, 5) is 1.83. The lowest BCUT2D eigenvalue weighted by molar-refractivity contribution is 0.331. The normalized spacial score (nSPS) is 14.2. The molecule has 1 N–H and O–H groups in total. The second-order valence-corrected chi connectivity index (χ2v) is 2.46. The van der Waals surface area contributed by atoms with Crippen molar-refractivity contribution in [3.05, 3.63) is 22.2 Å². The molecule has 0 bridgehead atoms. The van der Waals surface area contributed by atoms with E-state index < -0.39 is 0 Å². The van der Waals surface area contributed by atoms with Crippen molar-refractivity contribution in [3.63, 3.8) is 0 Å². The minimum absolute atomic E-state index is 0.137. The number of aliphatic hydroxyl groups excluding tert-OH is 1. The minimum Gasteiger partial charge on any atom is -0.392 e. The first-order valence-electron chi connectivity index (χ1n) is 2.75. The van der Waals surface area contributed by atoms with E-state index in [0.717, 1.165) is 11.1 Å². The van der Waals surface area contributed by atoms with Crippen LogP contribution in [0.3, 0.4) is 0 Å². The highest BCUT2D eigenvalue weighted by atomic mass is 79.9. The Hall–Kier alpha value is -0.0800. The molecule has 2 heteroatoms. The van der Waals surface area contributed by atoms with E-state index in [1.165, 1.54) is 0 Å². The zero-order chi connectivity index (χ0) is 7.28. The van der Waals surface area contributed by atoms with Crippen LogP contribution in [-0.4, -0.2) is 11.7 Å². The van der Waals surface area contributed by atoms with Gasteiger partial charge in [-0.25, -0.2) is 0 Å². The second kappa shape index (κ2) is 4.77. The molecule has 0 spiro atoms. The topological polar surface area (TPSA) is 20.2 Å². The average molecular weight is 191 g/mol. The molecular weight excluding hydrogens is 180 g/mol. The molecule has 0 aromatic carbocycles. The van der Waals surface area contributed by atoms with Gasteiger partial charge in [0, 0.05) is 0 Å². The summed E-state index contributed by atoms with van der Waals surface area (Å²) >= 11 is 3.18. The van der Waals surface area contributed by atoms with E-state index in [2.05, 4.69) is 15.9 Å². The first-order valence-corrected chi connectivity index (χ1v) is 3.67. The first kappa shape index (κ1) is 8.92. The van der Waals surface area contributed by atoms with Gasteiger partial charge in [0.1, 0.15) is 0 Å². The van der Waals surface area contributed by atoms with Crippen LogP contribution in [0.15, 0.2) is 22.2 Å². The first-order chi connectivity index (χ1) is 4.20. The smallest absolute Gasteiger partial charge is 0.0642 e. The Bertz CT molecular complexity index is 136. The molecule has 0 radical (unpaired) electrons. The maximum Gasteiger partial charge on any atom is 0.0642 e. The molecule has 0 heterocycles. The zero-order valence-corrected chi connectivity index (χ0v) is 7.27. The summed E-state index contributed by atoms with van der Waals surface area (Å²) in [5, 5.41) is 8.57. The van der Waals surface area contributed by atoms with Gasteiger partial charge < -0.3 is 5.11 Å². The lowest BCUT2D eigenvalue weighted by Crippen LogP contribution is -1.83. The van der Waals surface area contributed by atoms with Crippen LogP contribution in [0.25, 0.3) is 0 Å². The van der Waals surface area contributed by atoms with E-state index in [1.54, 1.807) is 0 Å². The molecule has 0 saturated heterocycles. The van der Waals surface area contributed by atoms with Gasteiger partial charge in [0.15, 0.2) is 0 Å². The third kappa shape index (κ3) is 4.43. The van der Waals surface area contributed by atoms with E-state index in [9.17, 15) is 0 Å². The van der Waals surface area contributed by atoms with Gasteiger partial charge in [-0.05, 0) is 30.0 Å². The Balaban J connectivity index is 3.95. The standard InChI is InChI=1S/C7H11BrO/c1-6(4-8)3-7(2)5-9/h3-4,9H,5H2,1-2H3/b6-4+,7-3+. The SMILES string of the molecule is CC(=C\Br)/C=C(\C)CO. The molecule has 0 aromatic rings. The second-order valence-electron chi connectivity index (χ2n) is 2.00. The van der Waals surface area contributed by atoms with Crippen molar-refractivity contribution in [2.75, 3.05) is 6.61 Å². The molecule has 0 saturated carbocycles.